The first-order chi connectivity index (χ1) is 9.10. The molecule has 0 saturated heterocycles. The van der Waals surface area contributed by atoms with E-state index in [9.17, 15) is 0 Å². The number of benzene rings is 1. The van der Waals surface area contributed by atoms with Gasteiger partial charge in [0.15, 0.2) is 0 Å². The first kappa shape index (κ1) is 14.2. The molecule has 0 atom stereocenters. The second kappa shape index (κ2) is 6.28. The Labute approximate surface area is 125 Å². The van der Waals surface area contributed by atoms with Crippen molar-refractivity contribution in [1.82, 2.24) is 9.97 Å². The van der Waals surface area contributed by atoms with Crippen molar-refractivity contribution in [3.8, 4) is 11.6 Å². The third-order valence-electron chi connectivity index (χ3n) is 2.15. The molecule has 0 unspecified atom stereocenters. The maximum atomic E-state index is 6.03. The Balaban J connectivity index is 2.25. The van der Waals surface area contributed by atoms with Crippen molar-refractivity contribution in [2.75, 3.05) is 11.9 Å². The molecule has 1 aromatic heterocycles. The van der Waals surface area contributed by atoms with Crippen LogP contribution in [0.4, 0.5) is 5.95 Å². The van der Waals surface area contributed by atoms with Gasteiger partial charge >= 0.3 is 0 Å². The van der Waals surface area contributed by atoms with Gasteiger partial charge in [-0.15, -0.1) is 0 Å². The first-order valence-corrected chi connectivity index (χ1v) is 6.63. The number of nitrogens with one attached hydrogen (secondary N) is 1. The molecular formula is C12H10Cl3N3O. The molecule has 7 heteroatoms. The summed E-state index contributed by atoms with van der Waals surface area (Å²) in [6, 6.07) is 4.69. The monoisotopic (exact) mass is 317 g/mol. The molecule has 0 radical (unpaired) electrons. The third kappa shape index (κ3) is 3.62. The van der Waals surface area contributed by atoms with E-state index in [0.29, 0.717) is 32.6 Å². The molecule has 0 aliphatic rings. The smallest absolute Gasteiger partial charge is 0.225 e. The molecule has 2 rings (SSSR count). The fourth-order valence-corrected chi connectivity index (χ4v) is 1.91. The summed E-state index contributed by atoms with van der Waals surface area (Å²) in [6.07, 6.45) is 1.59. The predicted octanol–water partition coefficient (Wildman–Crippen LogP) is 4.66. The Bertz CT molecular complexity index is 592. The molecule has 0 saturated carbocycles. The minimum atomic E-state index is 0.359. The number of hydrogen-bond acceptors (Lipinski definition) is 4. The van der Waals surface area contributed by atoms with Gasteiger partial charge in [0.05, 0.1) is 15.1 Å². The number of ether oxygens (including phenoxy) is 1. The van der Waals surface area contributed by atoms with Crippen molar-refractivity contribution < 1.29 is 4.74 Å². The average molecular weight is 319 g/mol. The predicted molar refractivity (Wildman–Crippen MR) is 77.7 cm³/mol. The Kier molecular flexibility index (Phi) is 4.69. The SMILES string of the molecule is CCNc1nccc(Oc2cc(Cl)c(Cl)cc2Cl)n1. The summed E-state index contributed by atoms with van der Waals surface area (Å²) in [5, 5.41) is 4.08. The lowest BCUT2D eigenvalue weighted by atomic mass is 10.3. The van der Waals surface area contributed by atoms with Gasteiger partial charge in [-0.1, -0.05) is 34.8 Å². The highest BCUT2D eigenvalue weighted by molar-refractivity contribution is 6.43. The Morgan fingerprint density at radius 1 is 1.16 bits per heavy atom. The third-order valence-corrected chi connectivity index (χ3v) is 3.17. The van der Waals surface area contributed by atoms with Crippen molar-refractivity contribution in [2.24, 2.45) is 0 Å². The topological polar surface area (TPSA) is 47.0 Å². The van der Waals surface area contributed by atoms with Crippen LogP contribution in [-0.4, -0.2) is 16.5 Å². The van der Waals surface area contributed by atoms with Gasteiger partial charge in [0.2, 0.25) is 11.8 Å². The van der Waals surface area contributed by atoms with E-state index in [1.54, 1.807) is 18.3 Å². The van der Waals surface area contributed by atoms with E-state index in [-0.39, 0.29) is 0 Å². The number of nitrogens with zero attached hydrogens (tertiary/aromatic N) is 2. The van der Waals surface area contributed by atoms with E-state index in [0.717, 1.165) is 6.54 Å². The van der Waals surface area contributed by atoms with Gasteiger partial charge in [0, 0.05) is 24.9 Å². The van der Waals surface area contributed by atoms with Crippen LogP contribution in [0, 0.1) is 0 Å². The number of halogens is 3. The van der Waals surface area contributed by atoms with Crippen LogP contribution in [0.5, 0.6) is 11.6 Å². The zero-order valence-corrected chi connectivity index (χ0v) is 12.2. The van der Waals surface area contributed by atoms with Crippen LogP contribution in [0.2, 0.25) is 15.1 Å². The molecule has 1 N–H and O–H groups in total. The van der Waals surface area contributed by atoms with Gasteiger partial charge in [-0.05, 0) is 13.0 Å². The molecule has 0 aliphatic heterocycles. The fourth-order valence-electron chi connectivity index (χ4n) is 1.34. The van der Waals surface area contributed by atoms with Crippen LogP contribution in [0.1, 0.15) is 6.92 Å². The summed E-state index contributed by atoms with van der Waals surface area (Å²) in [5.41, 5.74) is 0. The van der Waals surface area contributed by atoms with Crippen molar-refractivity contribution in [3.05, 3.63) is 39.5 Å². The standard InChI is InChI=1S/C12H10Cl3N3O/c1-2-16-12-17-4-3-11(18-12)19-10-6-8(14)7(13)5-9(10)15/h3-6H,2H2,1H3,(H,16,17,18). The zero-order chi connectivity index (χ0) is 13.8. The van der Waals surface area contributed by atoms with Crippen molar-refractivity contribution in [3.63, 3.8) is 0 Å². The molecule has 1 aromatic carbocycles. The highest BCUT2D eigenvalue weighted by Gasteiger charge is 2.09. The van der Waals surface area contributed by atoms with E-state index in [1.807, 2.05) is 6.92 Å². The number of hydrogen-bond donors (Lipinski definition) is 1. The zero-order valence-electron chi connectivity index (χ0n) is 9.95. The van der Waals surface area contributed by atoms with Gasteiger partial charge in [-0.25, -0.2) is 4.98 Å². The largest absolute Gasteiger partial charge is 0.437 e. The van der Waals surface area contributed by atoms with Gasteiger partial charge in [0.25, 0.3) is 0 Å². The van der Waals surface area contributed by atoms with Gasteiger partial charge < -0.3 is 10.1 Å². The number of aromatic nitrogens is 2. The van der Waals surface area contributed by atoms with Crippen LogP contribution in [0.25, 0.3) is 0 Å². The molecule has 0 aliphatic carbocycles. The maximum absolute atomic E-state index is 6.03. The summed E-state index contributed by atoms with van der Waals surface area (Å²) >= 11 is 17.8. The molecule has 4 nitrogen and oxygen atoms in total. The Morgan fingerprint density at radius 2 is 1.89 bits per heavy atom. The van der Waals surface area contributed by atoms with E-state index < -0.39 is 0 Å². The second-order valence-electron chi connectivity index (χ2n) is 3.55. The van der Waals surface area contributed by atoms with Gasteiger partial charge in [0.1, 0.15) is 5.75 Å². The molecular weight excluding hydrogens is 309 g/mol. The van der Waals surface area contributed by atoms with E-state index in [2.05, 4.69) is 15.3 Å². The molecule has 19 heavy (non-hydrogen) atoms. The van der Waals surface area contributed by atoms with Crippen LogP contribution in [0.3, 0.4) is 0 Å². The van der Waals surface area contributed by atoms with E-state index >= 15 is 0 Å². The lowest BCUT2D eigenvalue weighted by molar-refractivity contribution is 0.462. The summed E-state index contributed by atoms with van der Waals surface area (Å²) in [5.74, 6) is 1.24. The second-order valence-corrected chi connectivity index (χ2v) is 4.77. The molecule has 1 heterocycles. The van der Waals surface area contributed by atoms with E-state index in [1.165, 1.54) is 6.07 Å². The highest BCUT2D eigenvalue weighted by Crippen LogP contribution is 2.35. The van der Waals surface area contributed by atoms with Gasteiger partial charge in [-0.2, -0.15) is 4.98 Å². The lowest BCUT2D eigenvalue weighted by Gasteiger charge is -2.09. The lowest BCUT2D eigenvalue weighted by Crippen LogP contribution is -2.02. The minimum absolute atomic E-state index is 0.359. The summed E-state index contributed by atoms with van der Waals surface area (Å²) in [4.78, 5) is 8.21. The molecule has 0 fully saturated rings. The summed E-state index contributed by atoms with van der Waals surface area (Å²) < 4.78 is 5.57. The average Bonchev–Trinajstić information content (AvgIpc) is 2.37. The normalized spacial score (nSPS) is 10.3. The van der Waals surface area contributed by atoms with E-state index in [4.69, 9.17) is 39.5 Å². The van der Waals surface area contributed by atoms with Crippen LogP contribution < -0.4 is 10.1 Å². The quantitative estimate of drug-likeness (QED) is 0.833. The maximum Gasteiger partial charge on any atom is 0.225 e. The van der Waals surface area contributed by atoms with Crippen LogP contribution >= 0.6 is 34.8 Å². The number of anilines is 1. The highest BCUT2D eigenvalue weighted by atomic mass is 35.5. The summed E-state index contributed by atoms with van der Waals surface area (Å²) in [7, 11) is 0. The van der Waals surface area contributed by atoms with Crippen LogP contribution in [0.15, 0.2) is 24.4 Å². The van der Waals surface area contributed by atoms with Crippen molar-refractivity contribution >= 4 is 40.8 Å². The summed E-state index contributed by atoms with van der Waals surface area (Å²) in [6.45, 7) is 2.67. The molecule has 100 valence electrons. The van der Waals surface area contributed by atoms with Crippen LogP contribution in [-0.2, 0) is 0 Å². The number of rotatable bonds is 4. The molecule has 0 amide bonds. The molecule has 0 bridgehead atoms. The molecule has 2 aromatic rings. The van der Waals surface area contributed by atoms with Crippen molar-refractivity contribution in [2.45, 2.75) is 6.92 Å². The first-order valence-electron chi connectivity index (χ1n) is 5.49. The fraction of sp³-hybridized carbons (Fsp3) is 0.167. The van der Waals surface area contributed by atoms with Crippen molar-refractivity contribution in [1.29, 1.82) is 0 Å². The minimum Gasteiger partial charge on any atom is -0.437 e. The Hall–Kier alpha value is -1.23. The molecule has 0 spiro atoms. The van der Waals surface area contributed by atoms with Gasteiger partial charge in [-0.3, -0.25) is 0 Å². The Morgan fingerprint density at radius 3 is 2.63 bits per heavy atom.